The Kier molecular flexibility index (Phi) is 7.95. The second kappa shape index (κ2) is 10.9. The van der Waals surface area contributed by atoms with E-state index in [-0.39, 0.29) is 5.82 Å². The first kappa shape index (κ1) is 20.4. The van der Waals surface area contributed by atoms with Crippen LogP contribution in [0.5, 0.6) is 0 Å². The van der Waals surface area contributed by atoms with Crippen molar-refractivity contribution in [3.63, 3.8) is 0 Å². The quantitative estimate of drug-likeness (QED) is 0.265. The van der Waals surface area contributed by atoms with Crippen molar-refractivity contribution in [2.75, 3.05) is 0 Å². The topological polar surface area (TPSA) is 24.7 Å². The zero-order valence-corrected chi connectivity index (χ0v) is 16.9. The Morgan fingerprint density at radius 3 is 1.96 bits per heavy atom. The summed E-state index contributed by atoms with van der Waals surface area (Å²) in [6.07, 6.45) is 14.3. The molecular weight excluding hydrogens is 347 g/mol. The minimum atomic E-state index is -0.245. The summed E-state index contributed by atoms with van der Waals surface area (Å²) in [7, 11) is 0. The Balaban J connectivity index is 1.46. The van der Waals surface area contributed by atoms with E-state index in [2.05, 4.69) is 41.4 Å². The molecule has 2 aromatic carbocycles. The fraction of sp³-hybridized carbons (Fsp3) is 0.440. The lowest BCUT2D eigenvalue weighted by molar-refractivity contribution is 0.303. The summed E-state index contributed by atoms with van der Waals surface area (Å²) in [5, 5.41) is 8.14. The van der Waals surface area contributed by atoms with Crippen molar-refractivity contribution in [2.24, 2.45) is 16.1 Å². The highest BCUT2D eigenvalue weighted by atomic mass is 19.1. The van der Waals surface area contributed by atoms with Gasteiger partial charge in [0.15, 0.2) is 0 Å². The third-order valence-corrected chi connectivity index (χ3v) is 5.82. The lowest BCUT2D eigenvalue weighted by Crippen LogP contribution is -2.13. The van der Waals surface area contributed by atoms with E-state index in [0.717, 1.165) is 17.0 Å². The van der Waals surface area contributed by atoms with E-state index in [0.29, 0.717) is 5.92 Å². The summed E-state index contributed by atoms with van der Waals surface area (Å²) in [6.45, 7) is 2.28. The van der Waals surface area contributed by atoms with E-state index in [1.54, 1.807) is 24.6 Å². The smallest absolute Gasteiger partial charge is 0.123 e. The van der Waals surface area contributed by atoms with E-state index >= 15 is 0 Å². The van der Waals surface area contributed by atoms with Gasteiger partial charge in [-0.2, -0.15) is 10.2 Å². The molecule has 0 spiro atoms. The molecule has 148 valence electrons. The lowest BCUT2D eigenvalue weighted by atomic mass is 9.77. The first-order valence-electron chi connectivity index (χ1n) is 10.7. The van der Waals surface area contributed by atoms with Crippen molar-refractivity contribution >= 4 is 12.4 Å². The molecular formula is C25H31FN2. The largest absolute Gasteiger partial charge is 0.207 e. The summed E-state index contributed by atoms with van der Waals surface area (Å²) in [6, 6.07) is 14.9. The van der Waals surface area contributed by atoms with Gasteiger partial charge in [0.25, 0.3) is 0 Å². The second-order valence-electron chi connectivity index (χ2n) is 7.92. The summed E-state index contributed by atoms with van der Waals surface area (Å²) in [4.78, 5) is 0. The number of benzene rings is 2. The molecule has 3 rings (SSSR count). The normalized spacial score (nSPS) is 20.2. The Bertz CT molecular complexity index is 754. The fourth-order valence-corrected chi connectivity index (χ4v) is 4.07. The van der Waals surface area contributed by atoms with Crippen LogP contribution in [-0.2, 0) is 0 Å². The Hall–Kier alpha value is -2.29. The second-order valence-corrected chi connectivity index (χ2v) is 7.92. The van der Waals surface area contributed by atoms with Crippen molar-refractivity contribution in [3.8, 4) is 0 Å². The SMILES string of the molecule is CCCCCC1CCC(c2ccc(/C=N/N=C/c3ccc(F)cc3)cc2)CC1. The van der Waals surface area contributed by atoms with Crippen LogP contribution in [0.1, 0.15) is 80.9 Å². The van der Waals surface area contributed by atoms with Crippen molar-refractivity contribution in [1.82, 2.24) is 0 Å². The number of nitrogens with zero attached hydrogens (tertiary/aromatic N) is 2. The number of halogens is 1. The van der Waals surface area contributed by atoms with Crippen molar-refractivity contribution < 1.29 is 4.39 Å². The molecule has 1 saturated carbocycles. The molecule has 28 heavy (non-hydrogen) atoms. The molecule has 0 aromatic heterocycles. The maximum Gasteiger partial charge on any atom is 0.123 e. The zero-order valence-electron chi connectivity index (χ0n) is 16.9. The number of unbranched alkanes of at least 4 members (excludes halogenated alkanes) is 2. The first-order valence-corrected chi connectivity index (χ1v) is 10.7. The van der Waals surface area contributed by atoms with Crippen LogP contribution < -0.4 is 0 Å². The van der Waals surface area contributed by atoms with Gasteiger partial charge in [-0.25, -0.2) is 4.39 Å². The molecule has 3 heteroatoms. The summed E-state index contributed by atoms with van der Waals surface area (Å²) in [5.74, 6) is 1.42. The van der Waals surface area contributed by atoms with Crippen LogP contribution in [-0.4, -0.2) is 12.4 Å². The van der Waals surface area contributed by atoms with Crippen molar-refractivity contribution in [1.29, 1.82) is 0 Å². The molecule has 2 nitrogen and oxygen atoms in total. The van der Waals surface area contributed by atoms with Gasteiger partial charge in [0.1, 0.15) is 5.82 Å². The average molecular weight is 379 g/mol. The Labute approximate surface area is 168 Å². The third-order valence-electron chi connectivity index (χ3n) is 5.82. The van der Waals surface area contributed by atoms with Gasteiger partial charge in [0, 0.05) is 0 Å². The molecule has 1 aliphatic carbocycles. The minimum Gasteiger partial charge on any atom is -0.207 e. The molecule has 0 heterocycles. The fourth-order valence-electron chi connectivity index (χ4n) is 4.07. The number of rotatable bonds is 8. The van der Waals surface area contributed by atoms with Gasteiger partial charge in [-0.1, -0.05) is 69.0 Å². The monoisotopic (exact) mass is 378 g/mol. The molecule has 0 atom stereocenters. The minimum absolute atomic E-state index is 0.245. The van der Waals surface area contributed by atoms with Crippen LogP contribution in [0.3, 0.4) is 0 Å². The van der Waals surface area contributed by atoms with Gasteiger partial charge in [0.2, 0.25) is 0 Å². The Morgan fingerprint density at radius 1 is 0.821 bits per heavy atom. The van der Waals surface area contributed by atoms with E-state index in [1.807, 2.05) is 0 Å². The molecule has 1 aliphatic rings. The first-order chi connectivity index (χ1) is 13.7. The van der Waals surface area contributed by atoms with Gasteiger partial charge in [-0.05, 0) is 66.3 Å². The standard InChI is InChI=1S/C25H31FN2/c1-2-3-4-5-20-6-12-23(13-7-20)24-14-8-21(9-15-24)18-27-28-19-22-10-16-25(26)17-11-22/h8-11,14-20,23H,2-7,12-13H2,1H3/b27-18+,28-19+. The molecule has 0 aliphatic heterocycles. The Morgan fingerprint density at radius 2 is 1.39 bits per heavy atom. The molecule has 0 saturated heterocycles. The number of hydrogen-bond donors (Lipinski definition) is 0. The molecule has 0 N–H and O–H groups in total. The third kappa shape index (κ3) is 6.40. The van der Waals surface area contributed by atoms with Gasteiger partial charge in [-0.3, -0.25) is 0 Å². The molecule has 0 bridgehead atoms. The van der Waals surface area contributed by atoms with Crippen LogP contribution in [0, 0.1) is 11.7 Å². The van der Waals surface area contributed by atoms with Crippen LogP contribution >= 0.6 is 0 Å². The van der Waals surface area contributed by atoms with Gasteiger partial charge < -0.3 is 0 Å². The van der Waals surface area contributed by atoms with E-state index in [1.165, 1.54) is 69.1 Å². The van der Waals surface area contributed by atoms with E-state index in [4.69, 9.17) is 0 Å². The van der Waals surface area contributed by atoms with Gasteiger partial charge >= 0.3 is 0 Å². The number of hydrogen-bond acceptors (Lipinski definition) is 2. The van der Waals surface area contributed by atoms with Gasteiger partial charge in [0.05, 0.1) is 12.4 Å². The molecule has 1 fully saturated rings. The highest BCUT2D eigenvalue weighted by Gasteiger charge is 2.21. The molecule has 0 radical (unpaired) electrons. The van der Waals surface area contributed by atoms with Crippen LogP contribution in [0.2, 0.25) is 0 Å². The maximum atomic E-state index is 12.9. The van der Waals surface area contributed by atoms with Gasteiger partial charge in [-0.15, -0.1) is 0 Å². The summed E-state index contributed by atoms with van der Waals surface area (Å²) >= 11 is 0. The van der Waals surface area contributed by atoms with Crippen molar-refractivity contribution in [3.05, 3.63) is 71.0 Å². The van der Waals surface area contributed by atoms with Crippen LogP contribution in [0.15, 0.2) is 58.7 Å². The predicted octanol–water partition coefficient (Wildman–Crippen LogP) is 7.13. The predicted molar refractivity (Wildman–Crippen MR) is 117 cm³/mol. The lowest BCUT2D eigenvalue weighted by Gasteiger charge is -2.29. The van der Waals surface area contributed by atoms with E-state index in [9.17, 15) is 4.39 Å². The van der Waals surface area contributed by atoms with E-state index < -0.39 is 0 Å². The summed E-state index contributed by atoms with van der Waals surface area (Å²) in [5.41, 5.74) is 3.34. The van der Waals surface area contributed by atoms with Crippen LogP contribution in [0.25, 0.3) is 0 Å². The summed E-state index contributed by atoms with van der Waals surface area (Å²) < 4.78 is 12.9. The molecule has 2 aromatic rings. The average Bonchev–Trinajstić information content (AvgIpc) is 2.74. The molecule has 0 amide bonds. The van der Waals surface area contributed by atoms with Crippen molar-refractivity contribution in [2.45, 2.75) is 64.2 Å². The highest BCUT2D eigenvalue weighted by molar-refractivity contribution is 5.82. The highest BCUT2D eigenvalue weighted by Crippen LogP contribution is 2.37. The zero-order chi connectivity index (χ0) is 19.6. The van der Waals surface area contributed by atoms with Crippen LogP contribution in [0.4, 0.5) is 4.39 Å². The maximum absolute atomic E-state index is 12.9. The molecule has 0 unspecified atom stereocenters.